The van der Waals surface area contributed by atoms with Crippen LogP contribution in [-0.4, -0.2) is 42.5 Å². The Balaban J connectivity index is 1.68. The lowest BCUT2D eigenvalue weighted by atomic mass is 9.86. The number of pyridine rings is 1. The number of benzene rings is 1. The van der Waals surface area contributed by atoms with Crippen molar-refractivity contribution in [2.24, 2.45) is 17.6 Å². The molecule has 6 heteroatoms. The van der Waals surface area contributed by atoms with E-state index in [0.29, 0.717) is 11.8 Å². The molecule has 3 atom stereocenters. The minimum Gasteiger partial charge on any atom is -0.455 e. The smallest absolute Gasteiger partial charge is 0.152 e. The fourth-order valence-electron chi connectivity index (χ4n) is 5.34. The largest absolute Gasteiger partial charge is 0.455 e. The van der Waals surface area contributed by atoms with E-state index >= 15 is 0 Å². The summed E-state index contributed by atoms with van der Waals surface area (Å²) in [6.45, 7) is 11.2. The number of aryl methyl sites for hydroxylation is 1. The molecule has 6 nitrogen and oxygen atoms in total. The summed E-state index contributed by atoms with van der Waals surface area (Å²) in [5, 5.41) is 10.5. The Morgan fingerprint density at radius 3 is 2.80 bits per heavy atom. The van der Waals surface area contributed by atoms with Gasteiger partial charge in [0.1, 0.15) is 5.75 Å². The first-order valence-corrected chi connectivity index (χ1v) is 14.8. The fraction of sp³-hybridized carbons (Fsp3) is 0.500. The molecule has 0 amide bonds. The third-order valence-electron chi connectivity index (χ3n) is 7.82. The van der Waals surface area contributed by atoms with E-state index in [1.807, 2.05) is 31.3 Å². The van der Waals surface area contributed by atoms with E-state index in [-0.39, 0.29) is 6.54 Å². The zero-order valence-corrected chi connectivity index (χ0v) is 24.6. The molecule has 1 saturated heterocycles. The Bertz CT molecular complexity index is 1270. The van der Waals surface area contributed by atoms with Gasteiger partial charge in [0.15, 0.2) is 5.75 Å². The topological polar surface area (TPSA) is 80.8 Å². The minimum absolute atomic E-state index is 0.174. The molecule has 2 aromatic rings. The molecule has 2 aliphatic heterocycles. The fourth-order valence-corrected chi connectivity index (χ4v) is 5.34. The van der Waals surface area contributed by atoms with Gasteiger partial charge in [-0.2, -0.15) is 0 Å². The van der Waals surface area contributed by atoms with Crippen molar-refractivity contribution in [3.05, 3.63) is 70.7 Å². The van der Waals surface area contributed by atoms with Crippen LogP contribution in [-0.2, 0) is 11.2 Å². The van der Waals surface area contributed by atoms with Gasteiger partial charge in [-0.25, -0.2) is 0 Å². The number of nitrogens with zero attached hydrogens (tertiary/aromatic N) is 2. The average molecular weight is 544 g/mol. The molecule has 0 saturated carbocycles. The van der Waals surface area contributed by atoms with E-state index < -0.39 is 6.10 Å². The lowest BCUT2D eigenvalue weighted by Gasteiger charge is -2.30. The van der Waals surface area contributed by atoms with Crippen LogP contribution in [0, 0.1) is 30.6 Å². The molecule has 1 fully saturated rings. The van der Waals surface area contributed by atoms with Crippen LogP contribution in [0.3, 0.4) is 0 Å². The summed E-state index contributed by atoms with van der Waals surface area (Å²) >= 11 is 0. The Hall–Kier alpha value is -3.11. The molecule has 214 valence electrons. The molecule has 3 unspecified atom stereocenters. The zero-order valence-electron chi connectivity index (χ0n) is 24.6. The Kier molecular flexibility index (Phi) is 10.8. The third kappa shape index (κ3) is 7.97. The maximum atomic E-state index is 10.5. The summed E-state index contributed by atoms with van der Waals surface area (Å²) in [6, 6.07) is 10.2. The van der Waals surface area contributed by atoms with Crippen LogP contribution in [0.5, 0.6) is 11.5 Å². The van der Waals surface area contributed by atoms with Crippen molar-refractivity contribution in [1.82, 2.24) is 4.98 Å². The monoisotopic (exact) mass is 543 g/mol. The molecule has 0 bridgehead atoms. The minimum atomic E-state index is -0.713. The second-order valence-electron chi connectivity index (χ2n) is 11.1. The van der Waals surface area contributed by atoms with Gasteiger partial charge >= 0.3 is 0 Å². The van der Waals surface area contributed by atoms with Gasteiger partial charge in [-0.1, -0.05) is 44.3 Å². The highest BCUT2D eigenvalue weighted by Crippen LogP contribution is 2.37. The quantitative estimate of drug-likeness (QED) is 0.361. The van der Waals surface area contributed by atoms with Crippen molar-refractivity contribution >= 4 is 5.69 Å². The first kappa shape index (κ1) is 29.9. The molecule has 2 aliphatic rings. The molecule has 4 rings (SSSR count). The van der Waals surface area contributed by atoms with E-state index in [0.717, 1.165) is 98.0 Å². The summed E-state index contributed by atoms with van der Waals surface area (Å²) < 4.78 is 12.4. The van der Waals surface area contributed by atoms with Gasteiger partial charge in [0.05, 0.1) is 11.8 Å². The van der Waals surface area contributed by atoms with Gasteiger partial charge in [-0.15, -0.1) is 0 Å². The molecule has 40 heavy (non-hydrogen) atoms. The number of hydrogen-bond donors (Lipinski definition) is 2. The van der Waals surface area contributed by atoms with Crippen LogP contribution in [0.15, 0.2) is 53.8 Å². The van der Waals surface area contributed by atoms with Gasteiger partial charge in [-0.3, -0.25) is 4.98 Å². The first-order chi connectivity index (χ1) is 19.4. The standard InChI is InChI=1S/C34H45N3O3/c1-5-7-8-9-27-10-11-32(37-22-26(6-2)17-29(23-37)33(38)21-35)34(18-27)40-31-16-25(4)36-30(20-31)19-28-13-15-39-14-12-24(28)3/h10-11,16-18,20,23-24,28,33,38H,5-7,12-15,19,21-22,35H2,1-4H3. The molecule has 0 radical (unpaired) electrons. The number of unbranched alkanes of at least 4 members (excludes halogenated alkanes) is 1. The first-order valence-electron chi connectivity index (χ1n) is 14.8. The van der Waals surface area contributed by atoms with Crippen LogP contribution in [0.25, 0.3) is 0 Å². The number of hydrogen-bond acceptors (Lipinski definition) is 6. The molecule has 1 aromatic heterocycles. The van der Waals surface area contributed by atoms with Crippen LogP contribution in [0.1, 0.15) is 69.8 Å². The molecule has 3 heterocycles. The second kappa shape index (κ2) is 14.5. The predicted molar refractivity (Wildman–Crippen MR) is 163 cm³/mol. The molecule has 3 N–H and O–H groups in total. The lowest BCUT2D eigenvalue weighted by Crippen LogP contribution is -2.29. The van der Waals surface area contributed by atoms with Crippen molar-refractivity contribution in [3.8, 4) is 23.3 Å². The van der Waals surface area contributed by atoms with Crippen molar-refractivity contribution < 1.29 is 14.6 Å². The van der Waals surface area contributed by atoms with Crippen LogP contribution < -0.4 is 15.4 Å². The second-order valence-corrected chi connectivity index (χ2v) is 11.1. The van der Waals surface area contributed by atoms with E-state index in [4.69, 9.17) is 20.2 Å². The highest BCUT2D eigenvalue weighted by Gasteiger charge is 2.23. The maximum absolute atomic E-state index is 10.5. The summed E-state index contributed by atoms with van der Waals surface area (Å²) in [5.74, 6) is 9.19. The van der Waals surface area contributed by atoms with E-state index in [1.54, 1.807) is 0 Å². The predicted octanol–water partition coefficient (Wildman–Crippen LogP) is 6.30. The van der Waals surface area contributed by atoms with Crippen LogP contribution in [0.2, 0.25) is 0 Å². The molecule has 1 aromatic carbocycles. The number of anilines is 1. The van der Waals surface area contributed by atoms with Crippen molar-refractivity contribution in [2.45, 2.75) is 72.3 Å². The van der Waals surface area contributed by atoms with Gasteiger partial charge in [0.25, 0.3) is 0 Å². The third-order valence-corrected chi connectivity index (χ3v) is 7.82. The lowest BCUT2D eigenvalue weighted by molar-refractivity contribution is 0.140. The zero-order chi connectivity index (χ0) is 28.5. The van der Waals surface area contributed by atoms with E-state index in [1.165, 1.54) is 5.57 Å². The highest BCUT2D eigenvalue weighted by atomic mass is 16.5. The average Bonchev–Trinajstić information content (AvgIpc) is 3.15. The molecule has 0 aliphatic carbocycles. The maximum Gasteiger partial charge on any atom is 0.152 e. The summed E-state index contributed by atoms with van der Waals surface area (Å²) in [7, 11) is 0. The number of nitrogens with two attached hydrogens (primary N) is 1. The summed E-state index contributed by atoms with van der Waals surface area (Å²) in [4.78, 5) is 7.01. The van der Waals surface area contributed by atoms with Crippen LogP contribution >= 0.6 is 0 Å². The van der Waals surface area contributed by atoms with Crippen molar-refractivity contribution in [2.75, 3.05) is 31.2 Å². The SMILES string of the molecule is CCCC#Cc1ccc(N2C=C(C(O)CN)C=C(CC)C2)c(Oc2cc(C)nc(CC3CCOCCC3C)c2)c1. The molecular weight excluding hydrogens is 498 g/mol. The highest BCUT2D eigenvalue weighted by molar-refractivity contribution is 5.66. The van der Waals surface area contributed by atoms with Gasteiger partial charge in [-0.05, 0) is 74.6 Å². The molecule has 0 spiro atoms. The summed E-state index contributed by atoms with van der Waals surface area (Å²) in [6.07, 6.45) is 9.17. The van der Waals surface area contributed by atoms with Crippen molar-refractivity contribution in [1.29, 1.82) is 0 Å². The number of aliphatic hydroxyl groups excluding tert-OH is 1. The number of aliphatic hydroxyl groups is 1. The molecular formula is C34H45N3O3. The van der Waals surface area contributed by atoms with Crippen LogP contribution in [0.4, 0.5) is 5.69 Å². The van der Waals surface area contributed by atoms with E-state index in [9.17, 15) is 5.11 Å². The Morgan fingerprint density at radius 2 is 2.02 bits per heavy atom. The van der Waals surface area contributed by atoms with Gasteiger partial charge < -0.3 is 25.2 Å². The number of ether oxygens (including phenoxy) is 2. The van der Waals surface area contributed by atoms with Crippen molar-refractivity contribution in [3.63, 3.8) is 0 Å². The van der Waals surface area contributed by atoms with Gasteiger partial charge in [0.2, 0.25) is 0 Å². The van der Waals surface area contributed by atoms with Gasteiger partial charge in [0, 0.05) is 68.0 Å². The number of aromatic nitrogens is 1. The van der Waals surface area contributed by atoms with E-state index in [2.05, 4.69) is 55.7 Å². The normalized spacial score (nSPS) is 20.1. The Morgan fingerprint density at radius 1 is 1.20 bits per heavy atom. The Labute approximate surface area is 240 Å². The number of rotatable bonds is 9. The summed E-state index contributed by atoms with van der Waals surface area (Å²) in [5.41, 5.74) is 11.7.